The summed E-state index contributed by atoms with van der Waals surface area (Å²) in [4.78, 5) is 36.6. The van der Waals surface area contributed by atoms with Crippen molar-refractivity contribution in [3.8, 4) is 6.07 Å². The second kappa shape index (κ2) is 7.70. The topological polar surface area (TPSA) is 131 Å². The molecule has 4 heterocycles. The molecule has 1 aromatic carbocycles. The average molecular weight is 457 g/mol. The van der Waals surface area contributed by atoms with Crippen LogP contribution in [-0.4, -0.2) is 33.5 Å². The van der Waals surface area contributed by atoms with Crippen molar-refractivity contribution >= 4 is 33.7 Å². The summed E-state index contributed by atoms with van der Waals surface area (Å²) in [5, 5.41) is 9.37. The van der Waals surface area contributed by atoms with Gasteiger partial charge >= 0.3 is 0 Å². The number of hydrogen-bond acceptors (Lipinski definition) is 7. The Morgan fingerprint density at radius 2 is 1.94 bits per heavy atom. The molecule has 2 N–H and O–H groups in total. The van der Waals surface area contributed by atoms with E-state index in [0.717, 1.165) is 16.7 Å². The molecule has 0 atom stereocenters. The van der Waals surface area contributed by atoms with Crippen molar-refractivity contribution in [2.75, 3.05) is 18.0 Å². The Kier molecular flexibility index (Phi) is 4.90. The molecule has 0 aliphatic carbocycles. The molecule has 1 aliphatic heterocycles. The molecule has 9 heteroatoms. The first kappa shape index (κ1) is 21.6. The molecule has 1 fully saturated rings. The van der Waals surface area contributed by atoms with Crippen molar-refractivity contribution in [1.29, 1.82) is 5.26 Å². The third-order valence-corrected chi connectivity index (χ3v) is 6.82. The smallest absolute Gasteiger partial charge is 0.265 e. The summed E-state index contributed by atoms with van der Waals surface area (Å²) in [5.41, 5.74) is 8.99. The first-order valence-corrected chi connectivity index (χ1v) is 11.1. The molecule has 3 aromatic heterocycles. The zero-order valence-corrected chi connectivity index (χ0v) is 19.3. The van der Waals surface area contributed by atoms with Crippen LogP contribution in [0.25, 0.3) is 22.1 Å². The van der Waals surface area contributed by atoms with E-state index in [-0.39, 0.29) is 16.7 Å². The number of aryl methyl sites for hydroxylation is 2. The summed E-state index contributed by atoms with van der Waals surface area (Å²) in [6, 6.07) is 11.2. The van der Waals surface area contributed by atoms with Crippen molar-refractivity contribution in [2.45, 2.75) is 32.1 Å². The highest BCUT2D eigenvalue weighted by Gasteiger charge is 2.38. The first-order chi connectivity index (χ1) is 16.2. The van der Waals surface area contributed by atoms with Crippen LogP contribution in [0, 0.1) is 18.3 Å². The van der Waals surface area contributed by atoms with Gasteiger partial charge in [-0.2, -0.15) is 5.26 Å². The number of nitrogens with zero attached hydrogens (tertiary/aromatic N) is 5. The van der Waals surface area contributed by atoms with Gasteiger partial charge in [0.25, 0.3) is 11.5 Å². The molecule has 0 radical (unpaired) electrons. The number of carbonyl (C=O) groups is 1. The van der Waals surface area contributed by atoms with Crippen molar-refractivity contribution in [3.63, 3.8) is 0 Å². The van der Waals surface area contributed by atoms with E-state index < -0.39 is 11.5 Å². The minimum absolute atomic E-state index is 0.112. The monoisotopic (exact) mass is 456 g/mol. The van der Waals surface area contributed by atoms with Crippen LogP contribution in [-0.2, 0) is 12.5 Å². The van der Waals surface area contributed by atoms with Crippen molar-refractivity contribution < 1.29 is 9.21 Å². The number of benzene rings is 1. The molecule has 0 bridgehead atoms. The van der Waals surface area contributed by atoms with Gasteiger partial charge in [0.15, 0.2) is 5.58 Å². The summed E-state index contributed by atoms with van der Waals surface area (Å²) < 4.78 is 7.45. The molecular weight excluding hydrogens is 432 g/mol. The van der Waals surface area contributed by atoms with Gasteiger partial charge in [-0.05, 0) is 49.6 Å². The molecule has 1 saturated heterocycles. The molecule has 1 aliphatic rings. The lowest BCUT2D eigenvalue weighted by Crippen LogP contribution is -2.43. The maximum Gasteiger partial charge on any atom is 0.265 e. The Labute approximate surface area is 195 Å². The SMILES string of the molecule is Cc1ccc2oc(C3(C)CCN(c4c(C(N)=O)c(=O)n(C)c5ccc(C#N)nc45)CC3)nc2c1. The van der Waals surface area contributed by atoms with Crippen LogP contribution >= 0.6 is 0 Å². The standard InChI is InChI=1S/C25H24N6O3/c1-14-4-7-18-16(12-14)29-24(34-18)25(2)8-10-31(11-9-25)21-19(22(27)32)23(33)30(3)17-6-5-15(13-26)28-20(17)21/h4-7,12H,8-11H2,1-3H3,(H2,27,32). The fourth-order valence-electron chi connectivity index (χ4n) is 4.72. The van der Waals surface area contributed by atoms with E-state index in [9.17, 15) is 14.9 Å². The number of pyridine rings is 2. The molecule has 0 saturated carbocycles. The lowest BCUT2D eigenvalue weighted by atomic mass is 9.80. The van der Waals surface area contributed by atoms with Crippen LogP contribution in [0.15, 0.2) is 39.5 Å². The van der Waals surface area contributed by atoms with Gasteiger partial charge < -0.3 is 19.6 Å². The average Bonchev–Trinajstić information content (AvgIpc) is 3.25. The van der Waals surface area contributed by atoms with Gasteiger partial charge in [0.1, 0.15) is 28.4 Å². The van der Waals surface area contributed by atoms with E-state index in [0.29, 0.717) is 48.5 Å². The number of hydrogen-bond donors (Lipinski definition) is 1. The highest BCUT2D eigenvalue weighted by atomic mass is 16.3. The summed E-state index contributed by atoms with van der Waals surface area (Å²) in [7, 11) is 1.57. The van der Waals surface area contributed by atoms with Crippen LogP contribution in [0.1, 0.15) is 47.3 Å². The van der Waals surface area contributed by atoms with Gasteiger partial charge in [0.05, 0.1) is 11.2 Å². The van der Waals surface area contributed by atoms with Gasteiger partial charge in [-0.25, -0.2) is 9.97 Å². The molecule has 34 heavy (non-hydrogen) atoms. The molecule has 9 nitrogen and oxygen atoms in total. The summed E-state index contributed by atoms with van der Waals surface area (Å²) in [6.45, 7) is 5.21. The number of oxazole rings is 1. The molecule has 0 unspecified atom stereocenters. The number of piperidine rings is 1. The fraction of sp³-hybridized carbons (Fsp3) is 0.320. The molecular formula is C25H24N6O3. The maximum atomic E-state index is 13.0. The maximum absolute atomic E-state index is 13.0. The van der Waals surface area contributed by atoms with Gasteiger partial charge in [0, 0.05) is 25.6 Å². The van der Waals surface area contributed by atoms with E-state index in [4.69, 9.17) is 15.1 Å². The zero-order chi connectivity index (χ0) is 24.2. The fourth-order valence-corrected chi connectivity index (χ4v) is 4.72. The highest BCUT2D eigenvalue weighted by Crippen LogP contribution is 2.39. The van der Waals surface area contributed by atoms with Crippen LogP contribution < -0.4 is 16.2 Å². The molecule has 4 aromatic rings. The second-order valence-corrected chi connectivity index (χ2v) is 9.17. The van der Waals surface area contributed by atoms with Crippen LogP contribution in [0.3, 0.4) is 0 Å². The predicted octanol–water partition coefficient (Wildman–Crippen LogP) is 2.91. The Morgan fingerprint density at radius 3 is 2.62 bits per heavy atom. The third-order valence-electron chi connectivity index (χ3n) is 6.82. The Hall–Kier alpha value is -4.19. The number of nitrogens with two attached hydrogens (primary N) is 1. The number of amides is 1. The highest BCUT2D eigenvalue weighted by molar-refractivity contribution is 6.05. The number of rotatable bonds is 3. The second-order valence-electron chi connectivity index (χ2n) is 9.17. The van der Waals surface area contributed by atoms with E-state index in [1.165, 1.54) is 4.57 Å². The number of aromatic nitrogens is 3. The van der Waals surface area contributed by atoms with Crippen LogP contribution in [0.5, 0.6) is 0 Å². The first-order valence-electron chi connectivity index (χ1n) is 11.1. The predicted molar refractivity (Wildman–Crippen MR) is 128 cm³/mol. The van der Waals surface area contributed by atoms with Crippen molar-refractivity contribution in [1.82, 2.24) is 14.5 Å². The lowest BCUT2D eigenvalue weighted by Gasteiger charge is -2.39. The Morgan fingerprint density at radius 1 is 1.21 bits per heavy atom. The van der Waals surface area contributed by atoms with E-state index in [2.05, 4.69) is 11.9 Å². The Balaban J connectivity index is 1.57. The zero-order valence-electron chi connectivity index (χ0n) is 19.3. The van der Waals surface area contributed by atoms with Gasteiger partial charge in [-0.1, -0.05) is 13.0 Å². The largest absolute Gasteiger partial charge is 0.440 e. The summed E-state index contributed by atoms with van der Waals surface area (Å²) >= 11 is 0. The number of nitriles is 1. The van der Waals surface area contributed by atoms with E-state index >= 15 is 0 Å². The number of fused-ring (bicyclic) bond motifs is 2. The van der Waals surface area contributed by atoms with Gasteiger partial charge in [0.2, 0.25) is 5.89 Å². The van der Waals surface area contributed by atoms with E-state index in [1.54, 1.807) is 19.2 Å². The Bertz CT molecular complexity index is 1570. The minimum atomic E-state index is -0.815. The lowest BCUT2D eigenvalue weighted by molar-refractivity contribution is 0.0999. The summed E-state index contributed by atoms with van der Waals surface area (Å²) in [6.07, 6.45) is 1.37. The number of primary amides is 1. The van der Waals surface area contributed by atoms with Crippen molar-refractivity contribution in [3.05, 3.63) is 63.4 Å². The van der Waals surface area contributed by atoms with Crippen LogP contribution in [0.2, 0.25) is 0 Å². The molecule has 5 rings (SSSR count). The minimum Gasteiger partial charge on any atom is -0.440 e. The molecule has 1 amide bonds. The third kappa shape index (κ3) is 3.30. The number of anilines is 1. The summed E-state index contributed by atoms with van der Waals surface area (Å²) in [5.74, 6) is -0.133. The van der Waals surface area contributed by atoms with Crippen LogP contribution in [0.4, 0.5) is 5.69 Å². The quantitative estimate of drug-likeness (QED) is 0.501. The normalized spacial score (nSPS) is 15.5. The van der Waals surface area contributed by atoms with Crippen molar-refractivity contribution in [2.24, 2.45) is 12.8 Å². The van der Waals surface area contributed by atoms with Gasteiger partial charge in [-0.15, -0.1) is 0 Å². The van der Waals surface area contributed by atoms with E-state index in [1.807, 2.05) is 36.1 Å². The number of carbonyl (C=O) groups excluding carboxylic acids is 1. The molecule has 172 valence electrons. The molecule has 0 spiro atoms. The van der Waals surface area contributed by atoms with Gasteiger partial charge in [-0.3, -0.25) is 9.59 Å².